The molecule has 2 aromatic rings. The lowest BCUT2D eigenvalue weighted by molar-refractivity contribution is -0.0157. The first kappa shape index (κ1) is 16.3. The van der Waals surface area contributed by atoms with Crippen LogP contribution in [0.4, 0.5) is 0 Å². The number of hydrogen-bond acceptors (Lipinski definition) is 5. The van der Waals surface area contributed by atoms with Crippen molar-refractivity contribution < 1.29 is 13.9 Å². The number of methoxy groups -OCH3 is 1. The summed E-state index contributed by atoms with van der Waals surface area (Å²) in [4.78, 5) is 21.4. The molecule has 0 radical (unpaired) electrons. The average molecular weight is 341 g/mol. The zero-order valence-corrected chi connectivity index (χ0v) is 14.4. The maximum absolute atomic E-state index is 13.0. The summed E-state index contributed by atoms with van der Waals surface area (Å²) in [6.07, 6.45) is 6.11. The Morgan fingerprint density at radius 2 is 2.28 bits per heavy atom. The lowest BCUT2D eigenvalue weighted by atomic mass is 9.88. The van der Waals surface area contributed by atoms with Crippen molar-refractivity contribution in [3.8, 4) is 0 Å². The van der Waals surface area contributed by atoms with Crippen molar-refractivity contribution in [2.45, 2.75) is 25.1 Å². The summed E-state index contributed by atoms with van der Waals surface area (Å²) >= 11 is 0. The van der Waals surface area contributed by atoms with E-state index in [1.165, 1.54) is 0 Å². The summed E-state index contributed by atoms with van der Waals surface area (Å²) in [6.45, 7) is 3.26. The number of nitrogens with zero attached hydrogens (tertiary/aromatic N) is 3. The van der Waals surface area contributed by atoms with E-state index in [-0.39, 0.29) is 18.1 Å². The molecule has 4 rings (SSSR count). The molecule has 2 aliphatic heterocycles. The van der Waals surface area contributed by atoms with Crippen LogP contribution in [0.3, 0.4) is 0 Å². The van der Waals surface area contributed by atoms with Gasteiger partial charge in [-0.25, -0.2) is 0 Å². The van der Waals surface area contributed by atoms with Gasteiger partial charge < -0.3 is 14.1 Å². The summed E-state index contributed by atoms with van der Waals surface area (Å²) in [5.41, 5.74) is 0.654. The topological polar surface area (TPSA) is 58.8 Å². The number of fused-ring (bicyclic) bond motifs is 1. The molecule has 1 amide bonds. The van der Waals surface area contributed by atoms with Crippen molar-refractivity contribution >= 4 is 5.91 Å². The fourth-order valence-corrected chi connectivity index (χ4v) is 4.19. The van der Waals surface area contributed by atoms with Gasteiger partial charge in [0, 0.05) is 45.1 Å². The number of rotatable bonds is 4. The van der Waals surface area contributed by atoms with Crippen molar-refractivity contribution in [2.24, 2.45) is 5.92 Å². The molecular formula is C19H23N3O3. The number of piperidine rings is 1. The van der Waals surface area contributed by atoms with Crippen LogP contribution in [0, 0.1) is 5.92 Å². The first-order valence-electron chi connectivity index (χ1n) is 8.75. The fraction of sp³-hybridized carbons (Fsp3) is 0.474. The van der Waals surface area contributed by atoms with Crippen LogP contribution in [0.15, 0.2) is 47.3 Å². The smallest absolute Gasteiger partial charge is 0.255 e. The molecule has 0 aliphatic carbocycles. The van der Waals surface area contributed by atoms with Crippen molar-refractivity contribution in [3.63, 3.8) is 0 Å². The molecule has 0 saturated carbocycles. The van der Waals surface area contributed by atoms with E-state index in [4.69, 9.17) is 9.15 Å². The van der Waals surface area contributed by atoms with Crippen LogP contribution in [0.2, 0.25) is 0 Å². The summed E-state index contributed by atoms with van der Waals surface area (Å²) in [5.74, 6) is 1.35. The van der Waals surface area contributed by atoms with Crippen LogP contribution in [0.25, 0.3) is 0 Å². The number of pyridine rings is 1. The van der Waals surface area contributed by atoms with Gasteiger partial charge in [0.05, 0.1) is 30.5 Å². The van der Waals surface area contributed by atoms with Gasteiger partial charge in [0.15, 0.2) is 0 Å². The zero-order chi connectivity index (χ0) is 17.2. The summed E-state index contributed by atoms with van der Waals surface area (Å²) in [5, 5.41) is 0. The Kier molecular flexibility index (Phi) is 4.55. The highest BCUT2D eigenvalue weighted by molar-refractivity contribution is 5.94. The van der Waals surface area contributed by atoms with Gasteiger partial charge in [0.2, 0.25) is 0 Å². The van der Waals surface area contributed by atoms with Crippen LogP contribution in [0.5, 0.6) is 0 Å². The van der Waals surface area contributed by atoms with Crippen LogP contribution in [-0.4, -0.2) is 59.6 Å². The Hall–Kier alpha value is -2.18. The summed E-state index contributed by atoms with van der Waals surface area (Å²) in [7, 11) is 1.77. The van der Waals surface area contributed by atoms with E-state index in [0.717, 1.165) is 38.4 Å². The molecule has 6 heteroatoms. The van der Waals surface area contributed by atoms with Crippen molar-refractivity contribution in [1.29, 1.82) is 0 Å². The third kappa shape index (κ3) is 3.19. The fourth-order valence-electron chi connectivity index (χ4n) is 4.19. The van der Waals surface area contributed by atoms with Crippen LogP contribution in [-0.2, 0) is 11.3 Å². The zero-order valence-electron chi connectivity index (χ0n) is 14.4. The number of hydrogen-bond donors (Lipinski definition) is 0. The number of ether oxygens (including phenoxy) is 1. The normalized spacial score (nSPS) is 26.6. The highest BCUT2D eigenvalue weighted by atomic mass is 16.5. The molecular weight excluding hydrogens is 318 g/mol. The molecule has 0 aromatic carbocycles. The Morgan fingerprint density at radius 1 is 1.36 bits per heavy atom. The van der Waals surface area contributed by atoms with Gasteiger partial charge in [-0.15, -0.1) is 0 Å². The van der Waals surface area contributed by atoms with Gasteiger partial charge in [-0.2, -0.15) is 0 Å². The molecule has 3 atom stereocenters. The van der Waals surface area contributed by atoms with Crippen LogP contribution >= 0.6 is 0 Å². The number of aromatic nitrogens is 1. The van der Waals surface area contributed by atoms with Gasteiger partial charge in [0.25, 0.3) is 5.91 Å². The molecule has 0 spiro atoms. The van der Waals surface area contributed by atoms with E-state index in [2.05, 4.69) is 9.88 Å². The monoisotopic (exact) mass is 341 g/mol. The Morgan fingerprint density at radius 3 is 3.00 bits per heavy atom. The minimum absolute atomic E-state index is 0.0671. The second kappa shape index (κ2) is 6.98. The van der Waals surface area contributed by atoms with E-state index in [0.29, 0.717) is 11.5 Å². The lowest BCUT2D eigenvalue weighted by Gasteiger charge is -2.41. The first-order valence-corrected chi connectivity index (χ1v) is 8.75. The Balaban J connectivity index is 1.53. The first-order chi connectivity index (χ1) is 12.3. The molecule has 132 valence electrons. The van der Waals surface area contributed by atoms with Gasteiger partial charge in [-0.05, 0) is 30.7 Å². The standard InChI is InChI=1S/C19H23N3O3/c1-24-18-6-8-22(19(23)14-4-2-7-20-10-14)17-13-21(12-16(17)18)11-15-5-3-9-25-15/h2-5,7,9-10,16-18H,6,8,11-13H2,1H3/t16-,17+,18-/m0/s1. The Labute approximate surface area is 147 Å². The molecule has 0 N–H and O–H groups in total. The largest absolute Gasteiger partial charge is 0.468 e. The highest BCUT2D eigenvalue weighted by Gasteiger charge is 2.46. The van der Waals surface area contributed by atoms with E-state index in [1.807, 2.05) is 29.2 Å². The van der Waals surface area contributed by atoms with Gasteiger partial charge >= 0.3 is 0 Å². The van der Waals surface area contributed by atoms with Crippen molar-refractivity contribution in [3.05, 3.63) is 54.2 Å². The third-order valence-corrected chi connectivity index (χ3v) is 5.37. The molecule has 2 fully saturated rings. The number of furan rings is 1. The molecule has 2 saturated heterocycles. The predicted molar refractivity (Wildman–Crippen MR) is 92.0 cm³/mol. The van der Waals surface area contributed by atoms with Gasteiger partial charge in [0.1, 0.15) is 5.76 Å². The molecule has 2 aromatic heterocycles. The van der Waals surface area contributed by atoms with Crippen molar-refractivity contribution in [2.75, 3.05) is 26.7 Å². The SMILES string of the molecule is CO[C@H]1CCN(C(=O)c2cccnc2)[C@@H]2CN(Cc3ccco3)C[C@H]12. The second-order valence-corrected chi connectivity index (χ2v) is 6.81. The predicted octanol–water partition coefficient (Wildman–Crippen LogP) is 2.04. The number of carbonyl (C=O) groups is 1. The molecule has 6 nitrogen and oxygen atoms in total. The lowest BCUT2D eigenvalue weighted by Crippen LogP contribution is -2.53. The molecule has 0 bridgehead atoms. The minimum Gasteiger partial charge on any atom is -0.468 e. The minimum atomic E-state index is 0.0671. The van der Waals surface area contributed by atoms with E-state index in [1.54, 1.807) is 25.8 Å². The number of carbonyl (C=O) groups excluding carboxylic acids is 1. The van der Waals surface area contributed by atoms with Crippen molar-refractivity contribution in [1.82, 2.24) is 14.8 Å². The van der Waals surface area contributed by atoms with Gasteiger partial charge in [-0.3, -0.25) is 14.7 Å². The number of amides is 1. The second-order valence-electron chi connectivity index (χ2n) is 6.81. The highest BCUT2D eigenvalue weighted by Crippen LogP contribution is 2.34. The number of likely N-dealkylation sites (tertiary alicyclic amines) is 2. The summed E-state index contributed by atoms with van der Waals surface area (Å²) in [6, 6.07) is 7.72. The molecule has 0 unspecified atom stereocenters. The van der Waals surface area contributed by atoms with Gasteiger partial charge in [-0.1, -0.05) is 0 Å². The maximum atomic E-state index is 13.0. The quantitative estimate of drug-likeness (QED) is 0.852. The average Bonchev–Trinajstić information content (AvgIpc) is 3.31. The third-order valence-electron chi connectivity index (χ3n) is 5.37. The van der Waals surface area contributed by atoms with E-state index < -0.39 is 0 Å². The molecule has 2 aliphatic rings. The maximum Gasteiger partial charge on any atom is 0.255 e. The van der Waals surface area contributed by atoms with Crippen LogP contribution < -0.4 is 0 Å². The van der Waals surface area contributed by atoms with E-state index >= 15 is 0 Å². The Bertz CT molecular complexity index is 704. The van der Waals surface area contributed by atoms with E-state index in [9.17, 15) is 4.79 Å². The molecule has 4 heterocycles. The summed E-state index contributed by atoms with van der Waals surface area (Å²) < 4.78 is 11.2. The van der Waals surface area contributed by atoms with Crippen LogP contribution in [0.1, 0.15) is 22.5 Å². The molecule has 25 heavy (non-hydrogen) atoms.